The summed E-state index contributed by atoms with van der Waals surface area (Å²) in [6.07, 6.45) is 8.97. The van der Waals surface area contributed by atoms with Crippen LogP contribution in [0.25, 0.3) is 0 Å². The molecule has 1 N–H and O–H groups in total. The van der Waals surface area contributed by atoms with E-state index < -0.39 is 0 Å². The zero-order chi connectivity index (χ0) is 16.2. The molecule has 1 aromatic rings. The normalized spacial score (nSPS) is 28.0. The van der Waals surface area contributed by atoms with E-state index in [-0.39, 0.29) is 0 Å². The van der Waals surface area contributed by atoms with Gasteiger partial charge in [0.15, 0.2) is 0 Å². The number of anilines is 1. The number of aromatic nitrogens is 2. The summed E-state index contributed by atoms with van der Waals surface area (Å²) in [6.45, 7) is 6.49. The summed E-state index contributed by atoms with van der Waals surface area (Å²) in [5, 5.41) is 4.70. The third-order valence-corrected chi connectivity index (χ3v) is 6.91. The fraction of sp³-hybridized carbons (Fsp3) is 0.889. The summed E-state index contributed by atoms with van der Waals surface area (Å²) in [4.78, 5) is 7.36. The second-order valence-corrected chi connectivity index (χ2v) is 8.32. The van der Waals surface area contributed by atoms with Crippen molar-refractivity contribution in [2.45, 2.75) is 50.9 Å². The van der Waals surface area contributed by atoms with Gasteiger partial charge in [-0.25, -0.2) is 4.98 Å². The van der Waals surface area contributed by atoms with Crippen LogP contribution >= 0.6 is 11.5 Å². The number of hydrogen-bond acceptors (Lipinski definition) is 6. The van der Waals surface area contributed by atoms with Gasteiger partial charge in [0.25, 0.3) is 0 Å². The minimum absolute atomic E-state index is 0.514. The Morgan fingerprint density at radius 3 is 2.58 bits per heavy atom. The van der Waals surface area contributed by atoms with Gasteiger partial charge in [-0.1, -0.05) is 0 Å². The highest BCUT2D eigenvalue weighted by atomic mass is 32.1. The van der Waals surface area contributed by atoms with Crippen molar-refractivity contribution in [2.75, 3.05) is 44.3 Å². The van der Waals surface area contributed by atoms with E-state index in [0.717, 1.165) is 61.9 Å². The molecule has 0 bridgehead atoms. The summed E-state index contributed by atoms with van der Waals surface area (Å²) < 4.78 is 10.1. The van der Waals surface area contributed by atoms with Gasteiger partial charge in [0, 0.05) is 43.8 Å². The first-order valence-corrected chi connectivity index (χ1v) is 10.5. The molecule has 4 rings (SSSR count). The van der Waals surface area contributed by atoms with Crippen LogP contribution in [0.2, 0.25) is 0 Å². The van der Waals surface area contributed by atoms with Gasteiger partial charge >= 0.3 is 0 Å². The number of nitrogens with one attached hydrogen (secondary N) is 1. The van der Waals surface area contributed by atoms with Crippen molar-refractivity contribution in [1.29, 1.82) is 0 Å². The Morgan fingerprint density at radius 1 is 0.958 bits per heavy atom. The van der Waals surface area contributed by atoms with E-state index in [1.807, 2.05) is 0 Å². The highest BCUT2D eigenvalue weighted by molar-refractivity contribution is 7.09. The molecule has 1 atom stereocenters. The van der Waals surface area contributed by atoms with Crippen LogP contribution in [-0.2, 0) is 4.74 Å². The molecule has 3 aliphatic heterocycles. The molecule has 3 aliphatic rings. The van der Waals surface area contributed by atoms with Crippen molar-refractivity contribution >= 4 is 16.7 Å². The van der Waals surface area contributed by atoms with Gasteiger partial charge in [-0.05, 0) is 69.9 Å². The lowest BCUT2D eigenvalue weighted by Gasteiger charge is -2.35. The van der Waals surface area contributed by atoms with E-state index in [2.05, 4.69) is 14.6 Å². The lowest BCUT2D eigenvalue weighted by molar-refractivity contribution is 0.0838. The Hall–Kier alpha value is -0.720. The van der Waals surface area contributed by atoms with E-state index in [9.17, 15) is 0 Å². The fourth-order valence-corrected chi connectivity index (χ4v) is 5.35. The van der Waals surface area contributed by atoms with E-state index in [1.54, 1.807) is 11.5 Å². The molecule has 0 saturated carbocycles. The maximum Gasteiger partial charge on any atom is 0.205 e. The molecule has 0 radical (unpaired) electrons. The van der Waals surface area contributed by atoms with Gasteiger partial charge in [-0.3, -0.25) is 0 Å². The van der Waals surface area contributed by atoms with Gasteiger partial charge in [0.05, 0.1) is 0 Å². The van der Waals surface area contributed by atoms with Crippen LogP contribution in [0.3, 0.4) is 0 Å². The minimum Gasteiger partial charge on any atom is -0.381 e. The third kappa shape index (κ3) is 3.92. The Labute approximate surface area is 149 Å². The number of hydrogen-bond donors (Lipinski definition) is 1. The molecule has 0 aliphatic carbocycles. The molecular weight excluding hydrogens is 320 g/mol. The topological polar surface area (TPSA) is 50.3 Å². The largest absolute Gasteiger partial charge is 0.381 e. The number of rotatable bonds is 3. The zero-order valence-electron chi connectivity index (χ0n) is 14.6. The third-order valence-electron chi connectivity index (χ3n) is 6.11. The number of ether oxygens (including phenoxy) is 1. The summed E-state index contributed by atoms with van der Waals surface area (Å²) >= 11 is 1.60. The SMILES string of the molecule is C1CNCCC(C2CCN(c3nc(C4CCOCC4)ns3)CC2)C1. The molecule has 3 saturated heterocycles. The highest BCUT2D eigenvalue weighted by Crippen LogP contribution is 2.34. The molecule has 4 heterocycles. The quantitative estimate of drug-likeness (QED) is 0.908. The maximum atomic E-state index is 5.46. The van der Waals surface area contributed by atoms with Crippen molar-refractivity contribution in [3.63, 3.8) is 0 Å². The van der Waals surface area contributed by atoms with Gasteiger partial charge in [0.1, 0.15) is 5.82 Å². The summed E-state index contributed by atoms with van der Waals surface area (Å²) in [5.41, 5.74) is 0. The van der Waals surface area contributed by atoms with E-state index >= 15 is 0 Å². The average molecular weight is 351 g/mol. The van der Waals surface area contributed by atoms with Crippen LogP contribution in [0.4, 0.5) is 5.13 Å². The first-order valence-electron chi connectivity index (χ1n) is 9.77. The van der Waals surface area contributed by atoms with Crippen LogP contribution < -0.4 is 10.2 Å². The van der Waals surface area contributed by atoms with Crippen LogP contribution in [0, 0.1) is 11.8 Å². The molecule has 3 fully saturated rings. The van der Waals surface area contributed by atoms with Crippen LogP contribution in [0.15, 0.2) is 0 Å². The molecule has 134 valence electrons. The molecular formula is C18H30N4OS. The highest BCUT2D eigenvalue weighted by Gasteiger charge is 2.29. The molecule has 1 unspecified atom stereocenters. The Morgan fingerprint density at radius 2 is 1.75 bits per heavy atom. The van der Waals surface area contributed by atoms with E-state index in [4.69, 9.17) is 9.72 Å². The lowest BCUT2D eigenvalue weighted by atomic mass is 9.80. The lowest BCUT2D eigenvalue weighted by Crippen LogP contribution is -2.36. The molecule has 0 aromatic carbocycles. The summed E-state index contributed by atoms with van der Waals surface area (Å²) in [7, 11) is 0. The monoisotopic (exact) mass is 350 g/mol. The summed E-state index contributed by atoms with van der Waals surface area (Å²) in [6, 6.07) is 0. The number of piperidine rings is 1. The molecule has 0 spiro atoms. The Balaban J connectivity index is 1.31. The molecule has 6 heteroatoms. The molecule has 1 aromatic heterocycles. The predicted molar refractivity (Wildman–Crippen MR) is 97.9 cm³/mol. The number of nitrogens with zero attached hydrogens (tertiary/aromatic N) is 3. The first-order chi connectivity index (χ1) is 11.9. The van der Waals surface area contributed by atoms with Crippen molar-refractivity contribution in [2.24, 2.45) is 11.8 Å². The maximum absolute atomic E-state index is 5.46. The summed E-state index contributed by atoms with van der Waals surface area (Å²) in [5.74, 6) is 3.44. The zero-order valence-corrected chi connectivity index (χ0v) is 15.4. The van der Waals surface area contributed by atoms with Crippen LogP contribution in [0.5, 0.6) is 0 Å². The first kappa shape index (κ1) is 16.7. The average Bonchev–Trinajstić information content (AvgIpc) is 2.98. The van der Waals surface area contributed by atoms with E-state index in [1.165, 1.54) is 45.2 Å². The van der Waals surface area contributed by atoms with Gasteiger partial charge < -0.3 is 15.0 Å². The predicted octanol–water partition coefficient (Wildman–Crippen LogP) is 3.04. The standard InChI is InChI=1S/C18H30N4OS/c1-2-14(3-9-19-8-1)15-4-10-22(11-5-15)18-20-17(21-24-18)16-6-12-23-13-7-16/h14-16,19H,1-13H2. The Kier molecular flexibility index (Phi) is 5.65. The smallest absolute Gasteiger partial charge is 0.205 e. The fourth-order valence-electron chi connectivity index (χ4n) is 4.56. The van der Waals surface area contributed by atoms with Crippen molar-refractivity contribution in [3.05, 3.63) is 5.82 Å². The minimum atomic E-state index is 0.514. The Bertz CT molecular complexity index is 501. The van der Waals surface area contributed by atoms with Gasteiger partial charge in [-0.15, -0.1) is 0 Å². The van der Waals surface area contributed by atoms with E-state index in [0.29, 0.717) is 5.92 Å². The molecule has 24 heavy (non-hydrogen) atoms. The van der Waals surface area contributed by atoms with Gasteiger partial charge in [-0.2, -0.15) is 4.37 Å². The molecule has 0 amide bonds. The second kappa shape index (κ2) is 8.11. The van der Waals surface area contributed by atoms with Crippen molar-refractivity contribution < 1.29 is 4.74 Å². The van der Waals surface area contributed by atoms with Crippen LogP contribution in [-0.4, -0.2) is 48.8 Å². The molecule has 5 nitrogen and oxygen atoms in total. The van der Waals surface area contributed by atoms with Crippen molar-refractivity contribution in [3.8, 4) is 0 Å². The second-order valence-electron chi connectivity index (χ2n) is 7.59. The van der Waals surface area contributed by atoms with Crippen molar-refractivity contribution in [1.82, 2.24) is 14.7 Å². The van der Waals surface area contributed by atoms with Crippen LogP contribution in [0.1, 0.15) is 56.7 Å². The van der Waals surface area contributed by atoms with Gasteiger partial charge in [0.2, 0.25) is 5.13 Å².